The highest BCUT2D eigenvalue weighted by atomic mass is 16.3. The summed E-state index contributed by atoms with van der Waals surface area (Å²) in [7, 11) is 4.25. The van der Waals surface area contributed by atoms with Gasteiger partial charge in [-0.25, -0.2) is 0 Å². The van der Waals surface area contributed by atoms with Crippen LogP contribution >= 0.6 is 0 Å². The summed E-state index contributed by atoms with van der Waals surface area (Å²) in [6, 6.07) is 0. The minimum atomic E-state index is -0.687. The van der Waals surface area contributed by atoms with Crippen LogP contribution in [0.3, 0.4) is 0 Å². The van der Waals surface area contributed by atoms with Crippen LogP contribution in [0.2, 0.25) is 0 Å². The third kappa shape index (κ3) is 7.22. The Morgan fingerprint density at radius 2 is 1.63 bits per heavy atom. The number of piperazine rings is 1. The highest BCUT2D eigenvalue weighted by Gasteiger charge is 2.20. The van der Waals surface area contributed by atoms with Gasteiger partial charge in [-0.2, -0.15) is 0 Å². The van der Waals surface area contributed by atoms with Crippen molar-refractivity contribution < 1.29 is 5.11 Å². The van der Waals surface area contributed by atoms with E-state index in [1.165, 1.54) is 19.6 Å². The van der Waals surface area contributed by atoms with Crippen LogP contribution in [0.1, 0.15) is 19.8 Å². The normalized spacial score (nSPS) is 21.8. The Hall–Kier alpha value is -0.200. The van der Waals surface area contributed by atoms with E-state index in [1.54, 1.807) is 0 Å². The quantitative estimate of drug-likeness (QED) is 0.633. The summed E-state index contributed by atoms with van der Waals surface area (Å²) in [4.78, 5) is 7.27. The second-order valence-electron chi connectivity index (χ2n) is 6.29. The van der Waals surface area contributed by atoms with Crippen LogP contribution in [0, 0.1) is 0 Å². The highest BCUT2D eigenvalue weighted by molar-refractivity contribution is 4.76. The number of rotatable bonds is 8. The van der Waals surface area contributed by atoms with E-state index < -0.39 is 5.60 Å². The van der Waals surface area contributed by atoms with Crippen molar-refractivity contribution in [2.24, 2.45) is 5.73 Å². The zero-order valence-electron chi connectivity index (χ0n) is 12.9. The second-order valence-corrected chi connectivity index (χ2v) is 6.29. The summed E-state index contributed by atoms with van der Waals surface area (Å²) in [5, 5.41) is 9.86. The molecule has 0 saturated carbocycles. The number of hydrogen-bond acceptors (Lipinski definition) is 5. The summed E-state index contributed by atoms with van der Waals surface area (Å²) in [6.45, 7) is 10.2. The maximum absolute atomic E-state index is 9.86. The molecule has 0 aromatic rings. The maximum atomic E-state index is 9.86. The first-order valence-corrected chi connectivity index (χ1v) is 7.45. The maximum Gasteiger partial charge on any atom is 0.0741 e. The number of hydrogen-bond donors (Lipinski definition) is 2. The van der Waals surface area contributed by atoms with Crippen molar-refractivity contribution in [2.45, 2.75) is 25.4 Å². The van der Waals surface area contributed by atoms with Gasteiger partial charge in [0, 0.05) is 45.8 Å². The van der Waals surface area contributed by atoms with Crippen LogP contribution in [0.25, 0.3) is 0 Å². The van der Waals surface area contributed by atoms with Gasteiger partial charge < -0.3 is 20.6 Å². The Kier molecular flexibility index (Phi) is 7.25. The van der Waals surface area contributed by atoms with Crippen molar-refractivity contribution in [1.29, 1.82) is 0 Å². The molecule has 0 aromatic carbocycles. The standard InChI is InChI=1S/C14H32N4O/c1-14(19,13-15)5-4-6-17-9-11-18(12-10-17)8-7-16(2)3/h19H,4-13,15H2,1-3H3. The molecular weight excluding hydrogens is 240 g/mol. The van der Waals surface area contributed by atoms with Gasteiger partial charge in [-0.3, -0.25) is 4.90 Å². The second kappa shape index (κ2) is 8.17. The molecule has 0 spiro atoms. The lowest BCUT2D eigenvalue weighted by Gasteiger charge is -2.35. The van der Waals surface area contributed by atoms with E-state index in [0.717, 1.165) is 39.0 Å². The van der Waals surface area contributed by atoms with Crippen molar-refractivity contribution >= 4 is 0 Å². The lowest BCUT2D eigenvalue weighted by Crippen LogP contribution is -2.48. The van der Waals surface area contributed by atoms with Gasteiger partial charge in [0.1, 0.15) is 0 Å². The van der Waals surface area contributed by atoms with Crippen LogP contribution < -0.4 is 5.73 Å². The number of nitrogens with two attached hydrogens (primary N) is 1. The summed E-state index contributed by atoms with van der Waals surface area (Å²) >= 11 is 0. The molecule has 1 saturated heterocycles. The first-order chi connectivity index (χ1) is 8.93. The molecule has 0 radical (unpaired) electrons. The summed E-state index contributed by atoms with van der Waals surface area (Å²) < 4.78 is 0. The molecule has 1 aliphatic rings. The smallest absolute Gasteiger partial charge is 0.0741 e. The van der Waals surface area contributed by atoms with E-state index >= 15 is 0 Å². The van der Waals surface area contributed by atoms with Gasteiger partial charge in [0.15, 0.2) is 0 Å². The Balaban J connectivity index is 2.10. The number of aliphatic hydroxyl groups is 1. The first kappa shape index (κ1) is 16.9. The van der Waals surface area contributed by atoms with Crippen molar-refractivity contribution in [3.05, 3.63) is 0 Å². The van der Waals surface area contributed by atoms with Gasteiger partial charge in [0.25, 0.3) is 0 Å². The van der Waals surface area contributed by atoms with Gasteiger partial charge in [-0.1, -0.05) is 0 Å². The highest BCUT2D eigenvalue weighted by Crippen LogP contribution is 2.11. The Bertz CT molecular complexity index is 238. The van der Waals surface area contributed by atoms with Crippen molar-refractivity contribution in [1.82, 2.24) is 14.7 Å². The van der Waals surface area contributed by atoms with Crippen LogP contribution in [-0.4, -0.2) is 91.9 Å². The molecule has 0 amide bonds. The largest absolute Gasteiger partial charge is 0.389 e. The average Bonchev–Trinajstić information content (AvgIpc) is 2.37. The van der Waals surface area contributed by atoms with Gasteiger partial charge in [-0.05, 0) is 40.4 Å². The minimum absolute atomic E-state index is 0.352. The lowest BCUT2D eigenvalue weighted by molar-refractivity contribution is 0.0510. The topological polar surface area (TPSA) is 56.0 Å². The molecule has 0 aliphatic carbocycles. The minimum Gasteiger partial charge on any atom is -0.389 e. The molecule has 1 fully saturated rings. The molecule has 1 rings (SSSR count). The van der Waals surface area contributed by atoms with E-state index in [4.69, 9.17) is 5.73 Å². The van der Waals surface area contributed by atoms with E-state index in [-0.39, 0.29) is 0 Å². The van der Waals surface area contributed by atoms with Crippen LogP contribution in [0.5, 0.6) is 0 Å². The molecular formula is C14H32N4O. The fraction of sp³-hybridized carbons (Fsp3) is 1.00. The van der Waals surface area contributed by atoms with Gasteiger partial charge in [-0.15, -0.1) is 0 Å². The lowest BCUT2D eigenvalue weighted by atomic mass is 10.0. The van der Waals surface area contributed by atoms with Gasteiger partial charge >= 0.3 is 0 Å². The molecule has 19 heavy (non-hydrogen) atoms. The van der Waals surface area contributed by atoms with Crippen LogP contribution in [0.4, 0.5) is 0 Å². The predicted octanol–water partition coefficient (Wildman–Crippen LogP) is -0.344. The predicted molar refractivity (Wildman–Crippen MR) is 80.3 cm³/mol. The fourth-order valence-corrected chi connectivity index (χ4v) is 2.36. The zero-order chi connectivity index (χ0) is 14.3. The molecule has 0 bridgehead atoms. The van der Waals surface area contributed by atoms with E-state index in [2.05, 4.69) is 28.8 Å². The van der Waals surface area contributed by atoms with Crippen molar-refractivity contribution in [3.63, 3.8) is 0 Å². The molecule has 1 aliphatic heterocycles. The molecule has 1 heterocycles. The Labute approximate surface area is 118 Å². The van der Waals surface area contributed by atoms with Crippen LogP contribution in [-0.2, 0) is 0 Å². The third-order valence-electron chi connectivity index (χ3n) is 3.96. The summed E-state index contributed by atoms with van der Waals surface area (Å²) in [6.07, 6.45) is 1.83. The van der Waals surface area contributed by atoms with E-state index in [9.17, 15) is 5.11 Å². The molecule has 1 unspecified atom stereocenters. The zero-order valence-corrected chi connectivity index (χ0v) is 12.9. The van der Waals surface area contributed by atoms with Crippen molar-refractivity contribution in [3.8, 4) is 0 Å². The summed E-state index contributed by atoms with van der Waals surface area (Å²) in [5.41, 5.74) is 4.84. The molecule has 5 nitrogen and oxygen atoms in total. The molecule has 5 heteroatoms. The van der Waals surface area contributed by atoms with Crippen LogP contribution in [0.15, 0.2) is 0 Å². The van der Waals surface area contributed by atoms with E-state index in [1.807, 2.05) is 6.92 Å². The monoisotopic (exact) mass is 272 g/mol. The van der Waals surface area contributed by atoms with Crippen molar-refractivity contribution in [2.75, 3.05) is 66.5 Å². The average molecular weight is 272 g/mol. The Morgan fingerprint density at radius 1 is 1.11 bits per heavy atom. The molecule has 1 atom stereocenters. The number of nitrogens with zero attached hydrogens (tertiary/aromatic N) is 3. The van der Waals surface area contributed by atoms with E-state index in [0.29, 0.717) is 6.54 Å². The summed E-state index contributed by atoms with van der Waals surface area (Å²) in [5.74, 6) is 0. The van der Waals surface area contributed by atoms with Gasteiger partial charge in [0.05, 0.1) is 5.60 Å². The first-order valence-electron chi connectivity index (χ1n) is 7.45. The third-order valence-corrected chi connectivity index (χ3v) is 3.96. The Morgan fingerprint density at radius 3 is 2.11 bits per heavy atom. The fourth-order valence-electron chi connectivity index (χ4n) is 2.36. The SMILES string of the molecule is CN(C)CCN1CCN(CCCC(C)(O)CN)CC1. The molecule has 0 aromatic heterocycles. The molecule has 114 valence electrons. The van der Waals surface area contributed by atoms with Gasteiger partial charge in [0.2, 0.25) is 0 Å². The number of likely N-dealkylation sites (N-methyl/N-ethyl adjacent to an activating group) is 1. The molecule has 3 N–H and O–H groups in total.